The summed E-state index contributed by atoms with van der Waals surface area (Å²) >= 11 is 12.1. The summed E-state index contributed by atoms with van der Waals surface area (Å²) < 4.78 is 0. The van der Waals surface area contributed by atoms with Crippen LogP contribution in [0.3, 0.4) is 0 Å². The zero-order chi connectivity index (χ0) is 17.1. The van der Waals surface area contributed by atoms with E-state index in [1.165, 1.54) is 0 Å². The lowest BCUT2D eigenvalue weighted by Gasteiger charge is -2.28. The van der Waals surface area contributed by atoms with E-state index in [2.05, 4.69) is 5.32 Å². The summed E-state index contributed by atoms with van der Waals surface area (Å²) in [5.41, 5.74) is 2.00. The van der Waals surface area contributed by atoms with Crippen LogP contribution < -0.4 is 5.32 Å². The highest BCUT2D eigenvalue weighted by atomic mass is 35.5. The number of halogens is 2. The Morgan fingerprint density at radius 3 is 2.50 bits per heavy atom. The van der Waals surface area contributed by atoms with Gasteiger partial charge in [-0.15, -0.1) is 0 Å². The van der Waals surface area contributed by atoms with Crippen LogP contribution in [-0.2, 0) is 11.3 Å². The van der Waals surface area contributed by atoms with E-state index in [0.29, 0.717) is 22.6 Å². The fraction of sp³-hybridized carbons (Fsp3) is 0.316. The lowest BCUT2D eigenvalue weighted by molar-refractivity contribution is -0.126. The van der Waals surface area contributed by atoms with Crippen molar-refractivity contribution in [2.75, 3.05) is 7.05 Å². The Bertz CT molecular complexity index is 717. The average Bonchev–Trinajstić information content (AvgIpc) is 3.36. The van der Waals surface area contributed by atoms with Crippen LogP contribution in [0.4, 0.5) is 0 Å². The molecule has 1 aliphatic carbocycles. The van der Waals surface area contributed by atoms with Gasteiger partial charge in [0.2, 0.25) is 5.91 Å². The van der Waals surface area contributed by atoms with Crippen LogP contribution in [0, 0.1) is 0 Å². The first-order chi connectivity index (χ1) is 11.5. The summed E-state index contributed by atoms with van der Waals surface area (Å²) in [4.78, 5) is 14.8. The Labute approximate surface area is 152 Å². The monoisotopic (exact) mass is 362 g/mol. The van der Waals surface area contributed by atoms with Gasteiger partial charge >= 0.3 is 0 Å². The number of hydrogen-bond acceptors (Lipinski definition) is 2. The smallest absolute Gasteiger partial charge is 0.242 e. The van der Waals surface area contributed by atoms with Gasteiger partial charge < -0.3 is 5.32 Å². The molecule has 2 aromatic carbocycles. The summed E-state index contributed by atoms with van der Waals surface area (Å²) in [5.74, 6) is 0.0475. The molecule has 0 unspecified atom stereocenters. The van der Waals surface area contributed by atoms with Gasteiger partial charge in [-0.3, -0.25) is 9.69 Å². The number of hydrogen-bond donors (Lipinski definition) is 1. The van der Waals surface area contributed by atoms with E-state index in [1.54, 1.807) is 6.07 Å². The molecule has 1 aliphatic rings. The Morgan fingerprint density at radius 1 is 1.17 bits per heavy atom. The van der Waals surface area contributed by atoms with Gasteiger partial charge in [0.15, 0.2) is 0 Å². The largest absolute Gasteiger partial charge is 0.352 e. The minimum Gasteiger partial charge on any atom is -0.352 e. The van der Waals surface area contributed by atoms with Crippen molar-refractivity contribution in [1.82, 2.24) is 10.2 Å². The van der Waals surface area contributed by atoms with E-state index in [0.717, 1.165) is 24.0 Å². The standard InChI is InChI=1S/C19H20Cl2N2O/c1-23(12-13-7-10-16(20)17(21)11-13)18(14-5-3-2-4-6-14)19(24)22-15-8-9-15/h2-7,10-11,15,18H,8-9,12H2,1H3,(H,22,24)/t18-/m1/s1. The predicted octanol–water partition coefficient (Wildman–Crippen LogP) is 4.45. The molecular formula is C19H20Cl2N2O. The highest BCUT2D eigenvalue weighted by Gasteiger charge is 2.30. The normalized spacial score (nSPS) is 15.3. The number of rotatable bonds is 6. The zero-order valence-electron chi connectivity index (χ0n) is 13.5. The summed E-state index contributed by atoms with van der Waals surface area (Å²) in [5, 5.41) is 4.18. The van der Waals surface area contributed by atoms with Gasteiger partial charge in [-0.05, 0) is 43.1 Å². The highest BCUT2D eigenvalue weighted by molar-refractivity contribution is 6.42. The van der Waals surface area contributed by atoms with E-state index in [-0.39, 0.29) is 11.9 Å². The number of likely N-dealkylation sites (N-methyl/N-ethyl adjacent to an activating group) is 1. The van der Waals surface area contributed by atoms with E-state index < -0.39 is 0 Å². The lowest BCUT2D eigenvalue weighted by Crippen LogP contribution is -2.39. The predicted molar refractivity (Wildman–Crippen MR) is 98.3 cm³/mol. The molecule has 0 saturated heterocycles. The molecular weight excluding hydrogens is 343 g/mol. The lowest BCUT2D eigenvalue weighted by atomic mass is 10.0. The van der Waals surface area contributed by atoms with Crippen molar-refractivity contribution in [2.45, 2.75) is 31.5 Å². The van der Waals surface area contributed by atoms with Crippen molar-refractivity contribution >= 4 is 29.1 Å². The van der Waals surface area contributed by atoms with E-state index >= 15 is 0 Å². The average molecular weight is 363 g/mol. The van der Waals surface area contributed by atoms with Gasteiger partial charge in [-0.2, -0.15) is 0 Å². The van der Waals surface area contributed by atoms with Crippen LogP contribution in [0.25, 0.3) is 0 Å². The van der Waals surface area contributed by atoms with Crippen LogP contribution in [0.1, 0.15) is 30.0 Å². The summed E-state index contributed by atoms with van der Waals surface area (Å²) in [6, 6.07) is 15.4. The first-order valence-corrected chi connectivity index (χ1v) is 8.79. The topological polar surface area (TPSA) is 32.3 Å². The molecule has 3 nitrogen and oxygen atoms in total. The third-order valence-electron chi connectivity index (χ3n) is 4.14. The molecule has 0 heterocycles. The quantitative estimate of drug-likeness (QED) is 0.823. The molecule has 5 heteroatoms. The summed E-state index contributed by atoms with van der Waals surface area (Å²) in [7, 11) is 1.95. The number of amides is 1. The zero-order valence-corrected chi connectivity index (χ0v) is 15.0. The molecule has 1 atom stereocenters. The van der Waals surface area contributed by atoms with Gasteiger partial charge in [0, 0.05) is 12.6 Å². The number of nitrogens with one attached hydrogen (secondary N) is 1. The van der Waals surface area contributed by atoms with Crippen LogP contribution in [0.5, 0.6) is 0 Å². The van der Waals surface area contributed by atoms with Crippen molar-refractivity contribution in [3.8, 4) is 0 Å². The Hall–Kier alpha value is -1.55. The molecule has 0 aliphatic heterocycles. The third-order valence-corrected chi connectivity index (χ3v) is 4.88. The van der Waals surface area contributed by atoms with E-state index in [9.17, 15) is 4.79 Å². The molecule has 24 heavy (non-hydrogen) atoms. The molecule has 1 N–H and O–H groups in total. The first-order valence-electron chi connectivity index (χ1n) is 8.04. The fourth-order valence-corrected chi connectivity index (χ4v) is 3.09. The van der Waals surface area contributed by atoms with Crippen LogP contribution in [-0.4, -0.2) is 23.9 Å². The van der Waals surface area contributed by atoms with Crippen molar-refractivity contribution < 1.29 is 4.79 Å². The maximum absolute atomic E-state index is 12.7. The second-order valence-electron chi connectivity index (χ2n) is 6.26. The fourth-order valence-electron chi connectivity index (χ4n) is 2.77. The van der Waals surface area contributed by atoms with Crippen LogP contribution >= 0.6 is 23.2 Å². The molecule has 3 rings (SSSR count). The second kappa shape index (κ2) is 7.56. The Kier molecular flexibility index (Phi) is 5.44. The van der Waals surface area contributed by atoms with E-state index in [4.69, 9.17) is 23.2 Å². The number of benzene rings is 2. The van der Waals surface area contributed by atoms with Crippen LogP contribution in [0.15, 0.2) is 48.5 Å². The molecule has 2 aromatic rings. The molecule has 126 valence electrons. The van der Waals surface area contributed by atoms with Crippen molar-refractivity contribution in [3.05, 3.63) is 69.7 Å². The number of carbonyl (C=O) groups is 1. The summed E-state index contributed by atoms with van der Waals surface area (Å²) in [6.45, 7) is 0.606. The maximum Gasteiger partial charge on any atom is 0.242 e. The Morgan fingerprint density at radius 2 is 1.88 bits per heavy atom. The van der Waals surface area contributed by atoms with Gasteiger partial charge in [-0.25, -0.2) is 0 Å². The minimum atomic E-state index is -0.332. The molecule has 0 bridgehead atoms. The minimum absolute atomic E-state index is 0.0475. The van der Waals surface area contributed by atoms with Gasteiger partial charge in [0.05, 0.1) is 10.0 Å². The molecule has 0 spiro atoms. The molecule has 0 aromatic heterocycles. The molecule has 1 fully saturated rings. The van der Waals surface area contributed by atoms with Gasteiger partial charge in [0.1, 0.15) is 6.04 Å². The van der Waals surface area contributed by atoms with E-state index in [1.807, 2.05) is 54.4 Å². The number of nitrogens with zero attached hydrogens (tertiary/aromatic N) is 1. The SMILES string of the molecule is CN(Cc1ccc(Cl)c(Cl)c1)[C@@H](C(=O)NC1CC1)c1ccccc1. The van der Waals surface area contributed by atoms with Crippen LogP contribution in [0.2, 0.25) is 10.0 Å². The third kappa shape index (κ3) is 4.29. The molecule has 1 amide bonds. The first kappa shape index (κ1) is 17.3. The van der Waals surface area contributed by atoms with Crippen molar-refractivity contribution in [1.29, 1.82) is 0 Å². The van der Waals surface area contributed by atoms with Gasteiger partial charge in [0.25, 0.3) is 0 Å². The molecule has 1 saturated carbocycles. The Balaban J connectivity index is 1.80. The second-order valence-corrected chi connectivity index (χ2v) is 7.07. The van der Waals surface area contributed by atoms with Gasteiger partial charge in [-0.1, -0.05) is 59.6 Å². The maximum atomic E-state index is 12.7. The highest BCUT2D eigenvalue weighted by Crippen LogP contribution is 2.27. The number of carbonyl (C=O) groups excluding carboxylic acids is 1. The van der Waals surface area contributed by atoms with Crippen molar-refractivity contribution in [3.63, 3.8) is 0 Å². The van der Waals surface area contributed by atoms with Crippen molar-refractivity contribution in [2.24, 2.45) is 0 Å². The molecule has 0 radical (unpaired) electrons. The summed E-state index contributed by atoms with van der Waals surface area (Å²) in [6.07, 6.45) is 2.15.